The van der Waals surface area contributed by atoms with Gasteiger partial charge in [-0.3, -0.25) is 9.59 Å². The summed E-state index contributed by atoms with van der Waals surface area (Å²) in [6, 6.07) is 0. The van der Waals surface area contributed by atoms with Crippen LogP contribution in [0.25, 0.3) is 0 Å². The third kappa shape index (κ3) is 2.81. The summed E-state index contributed by atoms with van der Waals surface area (Å²) in [6.07, 6.45) is 9.48. The van der Waals surface area contributed by atoms with E-state index >= 15 is 0 Å². The lowest BCUT2D eigenvalue weighted by Gasteiger charge is -2.21. The van der Waals surface area contributed by atoms with Gasteiger partial charge in [0.1, 0.15) is 11.5 Å². The number of carbonyl (C=O) groups is 2. The third-order valence-electron chi connectivity index (χ3n) is 5.22. The highest BCUT2D eigenvalue weighted by Crippen LogP contribution is 2.51. The minimum Gasteiger partial charge on any atom is -0.481 e. The quantitative estimate of drug-likeness (QED) is 0.760. The number of hydrogen-bond donors (Lipinski definition) is 1. The average Bonchev–Trinajstić information content (AvgIpc) is 3.13. The van der Waals surface area contributed by atoms with Crippen molar-refractivity contribution in [2.75, 3.05) is 13.1 Å². The zero-order chi connectivity index (χ0) is 17.5. The number of carbonyl (C=O) groups excluding carboxylic acids is 1. The number of amides is 1. The van der Waals surface area contributed by atoms with Gasteiger partial charge in [-0.15, -0.1) is 0 Å². The van der Waals surface area contributed by atoms with Crippen molar-refractivity contribution in [2.24, 2.45) is 11.8 Å². The second-order valence-corrected chi connectivity index (χ2v) is 7.33. The summed E-state index contributed by atoms with van der Waals surface area (Å²) in [7, 11) is 0. The number of carboxylic acid groups (broad SMARTS) is 1. The zero-order valence-electron chi connectivity index (χ0n) is 14.5. The van der Waals surface area contributed by atoms with E-state index in [0.29, 0.717) is 13.1 Å². The number of ether oxygens (including phenoxy) is 1. The summed E-state index contributed by atoms with van der Waals surface area (Å²) < 4.78 is 5.87. The van der Waals surface area contributed by atoms with Gasteiger partial charge in [-0.05, 0) is 33.6 Å². The topological polar surface area (TPSA) is 66.8 Å². The number of allylic oxidation sites excluding steroid dienone is 3. The van der Waals surface area contributed by atoms with Gasteiger partial charge in [0.15, 0.2) is 0 Å². The van der Waals surface area contributed by atoms with Gasteiger partial charge < -0.3 is 14.7 Å². The van der Waals surface area contributed by atoms with Gasteiger partial charge in [0.05, 0.1) is 18.6 Å². The number of hydrogen-bond acceptors (Lipinski definition) is 3. The van der Waals surface area contributed by atoms with Crippen molar-refractivity contribution in [3.8, 4) is 0 Å². The van der Waals surface area contributed by atoms with E-state index in [1.165, 1.54) is 11.1 Å². The lowest BCUT2D eigenvalue weighted by Crippen LogP contribution is -2.39. The Kier molecular flexibility index (Phi) is 4.38. The molecule has 0 aromatic rings. The second kappa shape index (κ2) is 6.20. The summed E-state index contributed by atoms with van der Waals surface area (Å²) in [5.74, 6) is -2.37. The molecule has 130 valence electrons. The SMILES string of the molecule is CC(C)=CCC/C(C)=C\CN1C[C@@]23C=C[C@@H](O2)[C@H](C(=O)O)[C@H]3C1=O. The number of aliphatic carboxylic acids is 1. The predicted molar refractivity (Wildman–Crippen MR) is 90.4 cm³/mol. The van der Waals surface area contributed by atoms with Crippen LogP contribution in [0.2, 0.25) is 0 Å². The highest BCUT2D eigenvalue weighted by Gasteiger charge is 2.66. The second-order valence-electron chi connectivity index (χ2n) is 7.33. The van der Waals surface area contributed by atoms with Gasteiger partial charge in [-0.2, -0.15) is 0 Å². The molecule has 0 unspecified atom stereocenters. The Labute approximate surface area is 142 Å². The van der Waals surface area contributed by atoms with Crippen LogP contribution in [0.15, 0.2) is 35.5 Å². The molecule has 2 saturated heterocycles. The minimum absolute atomic E-state index is 0.0948. The molecule has 4 atom stereocenters. The Bertz CT molecular complexity index is 644. The fourth-order valence-electron chi connectivity index (χ4n) is 3.97. The fraction of sp³-hybridized carbons (Fsp3) is 0.579. The maximum atomic E-state index is 12.7. The maximum Gasteiger partial charge on any atom is 0.310 e. The van der Waals surface area contributed by atoms with Crippen LogP contribution in [0.3, 0.4) is 0 Å². The molecule has 0 radical (unpaired) electrons. The molecule has 0 aromatic carbocycles. The van der Waals surface area contributed by atoms with Gasteiger partial charge in [0, 0.05) is 6.54 Å². The van der Waals surface area contributed by atoms with E-state index in [2.05, 4.69) is 32.9 Å². The molecule has 5 nitrogen and oxygen atoms in total. The van der Waals surface area contributed by atoms with Crippen LogP contribution in [-0.4, -0.2) is 46.7 Å². The van der Waals surface area contributed by atoms with E-state index in [1.807, 2.05) is 6.08 Å². The van der Waals surface area contributed by atoms with Crippen molar-refractivity contribution >= 4 is 11.9 Å². The molecule has 2 bridgehead atoms. The lowest BCUT2D eigenvalue weighted by molar-refractivity contribution is -0.147. The molecule has 3 aliphatic heterocycles. The molecule has 0 aliphatic carbocycles. The van der Waals surface area contributed by atoms with Gasteiger partial charge in [-0.25, -0.2) is 0 Å². The van der Waals surface area contributed by atoms with Crippen molar-refractivity contribution in [2.45, 2.75) is 45.3 Å². The van der Waals surface area contributed by atoms with E-state index in [1.54, 1.807) is 11.0 Å². The first-order valence-electron chi connectivity index (χ1n) is 8.52. The van der Waals surface area contributed by atoms with E-state index < -0.39 is 29.5 Å². The maximum absolute atomic E-state index is 12.7. The molecule has 3 heterocycles. The summed E-state index contributed by atoms with van der Waals surface area (Å²) >= 11 is 0. The van der Waals surface area contributed by atoms with Gasteiger partial charge in [-0.1, -0.05) is 35.5 Å². The molecule has 5 heteroatoms. The molecular formula is C19H25NO4. The predicted octanol–water partition coefficient (Wildman–Crippen LogP) is 2.55. The highest BCUT2D eigenvalue weighted by molar-refractivity contribution is 5.90. The van der Waals surface area contributed by atoms with E-state index in [-0.39, 0.29) is 5.91 Å². The molecule has 3 rings (SSSR count). The fourth-order valence-corrected chi connectivity index (χ4v) is 3.97. The molecule has 3 aliphatic rings. The van der Waals surface area contributed by atoms with Crippen molar-refractivity contribution in [1.82, 2.24) is 4.90 Å². The van der Waals surface area contributed by atoms with Crippen molar-refractivity contribution < 1.29 is 19.4 Å². The first kappa shape index (κ1) is 17.0. The lowest BCUT2D eigenvalue weighted by atomic mass is 9.77. The van der Waals surface area contributed by atoms with E-state index in [0.717, 1.165) is 12.8 Å². The van der Waals surface area contributed by atoms with Gasteiger partial charge >= 0.3 is 5.97 Å². The Hall–Kier alpha value is -1.88. The molecule has 1 amide bonds. The smallest absolute Gasteiger partial charge is 0.310 e. The first-order chi connectivity index (χ1) is 11.3. The normalized spacial score (nSPS) is 34.0. The van der Waals surface area contributed by atoms with Crippen LogP contribution in [0, 0.1) is 11.8 Å². The standard InChI is InChI=1S/C19H25NO4/c1-12(2)5-4-6-13(3)8-10-20-11-19-9-7-14(24-19)15(18(22)23)16(19)17(20)21/h5,7-9,14-16H,4,6,10-11H2,1-3H3,(H,22,23)/b13-8-/t14-,15+,16+,19-/m1/s1. The number of likely N-dealkylation sites (tertiary alicyclic amines) is 1. The van der Waals surface area contributed by atoms with Crippen LogP contribution in [-0.2, 0) is 14.3 Å². The van der Waals surface area contributed by atoms with Crippen LogP contribution >= 0.6 is 0 Å². The Morgan fingerprint density at radius 3 is 2.83 bits per heavy atom. The molecular weight excluding hydrogens is 306 g/mol. The Morgan fingerprint density at radius 1 is 1.42 bits per heavy atom. The Morgan fingerprint density at radius 2 is 2.17 bits per heavy atom. The molecule has 2 fully saturated rings. The number of nitrogens with zero attached hydrogens (tertiary/aromatic N) is 1. The van der Waals surface area contributed by atoms with Crippen LogP contribution in [0.4, 0.5) is 0 Å². The van der Waals surface area contributed by atoms with Crippen LogP contribution < -0.4 is 0 Å². The monoisotopic (exact) mass is 331 g/mol. The van der Waals surface area contributed by atoms with Gasteiger partial charge in [0.2, 0.25) is 5.91 Å². The molecule has 0 saturated carbocycles. The minimum atomic E-state index is -0.945. The highest BCUT2D eigenvalue weighted by atomic mass is 16.5. The zero-order valence-corrected chi connectivity index (χ0v) is 14.5. The number of carboxylic acids is 1. The van der Waals surface area contributed by atoms with E-state index in [4.69, 9.17) is 4.74 Å². The summed E-state index contributed by atoms with van der Waals surface area (Å²) in [5, 5.41) is 9.44. The molecule has 1 N–H and O–H groups in total. The van der Waals surface area contributed by atoms with Crippen molar-refractivity contribution in [3.63, 3.8) is 0 Å². The Balaban J connectivity index is 1.66. The summed E-state index contributed by atoms with van der Waals surface area (Å²) in [6.45, 7) is 7.21. The largest absolute Gasteiger partial charge is 0.481 e. The average molecular weight is 331 g/mol. The van der Waals surface area contributed by atoms with Crippen molar-refractivity contribution in [1.29, 1.82) is 0 Å². The third-order valence-corrected chi connectivity index (χ3v) is 5.22. The molecule has 1 spiro atoms. The van der Waals surface area contributed by atoms with Crippen molar-refractivity contribution in [3.05, 3.63) is 35.5 Å². The van der Waals surface area contributed by atoms with Crippen LogP contribution in [0.5, 0.6) is 0 Å². The number of fused-ring (bicyclic) bond motifs is 1. The first-order valence-corrected chi connectivity index (χ1v) is 8.52. The summed E-state index contributed by atoms with van der Waals surface area (Å²) in [4.78, 5) is 26.0. The summed E-state index contributed by atoms with van der Waals surface area (Å²) in [5.41, 5.74) is 1.82. The number of rotatable bonds is 6. The van der Waals surface area contributed by atoms with Crippen LogP contribution in [0.1, 0.15) is 33.6 Å². The molecule has 24 heavy (non-hydrogen) atoms. The van der Waals surface area contributed by atoms with E-state index in [9.17, 15) is 14.7 Å². The molecule has 0 aromatic heterocycles. The van der Waals surface area contributed by atoms with Gasteiger partial charge in [0.25, 0.3) is 0 Å².